The van der Waals surface area contributed by atoms with Crippen molar-refractivity contribution in [1.82, 2.24) is 0 Å². The van der Waals surface area contributed by atoms with E-state index in [1.54, 1.807) is 0 Å². The summed E-state index contributed by atoms with van der Waals surface area (Å²) >= 11 is 0. The summed E-state index contributed by atoms with van der Waals surface area (Å²) in [6, 6.07) is 8.73. The van der Waals surface area contributed by atoms with Crippen molar-refractivity contribution in [3.63, 3.8) is 0 Å². The number of sulfonamides is 2. The van der Waals surface area contributed by atoms with E-state index in [0.29, 0.717) is 24.3 Å². The van der Waals surface area contributed by atoms with E-state index in [-0.39, 0.29) is 3.71 Å². The van der Waals surface area contributed by atoms with Crippen molar-refractivity contribution in [2.24, 2.45) is 0 Å². The van der Waals surface area contributed by atoms with Crippen LogP contribution in [-0.4, -0.2) is 16.8 Å². The van der Waals surface area contributed by atoms with Gasteiger partial charge in [0.25, 0.3) is 20.0 Å². The molecule has 0 spiro atoms. The van der Waals surface area contributed by atoms with Gasteiger partial charge < -0.3 is 0 Å². The molecule has 0 N–H and O–H groups in total. The van der Waals surface area contributed by atoms with Crippen LogP contribution in [0.2, 0.25) is 0 Å². The van der Waals surface area contributed by atoms with Crippen LogP contribution in [0.25, 0.3) is 0 Å². The van der Waals surface area contributed by atoms with Gasteiger partial charge in [-0.05, 0) is 72.8 Å². The molecule has 0 aliphatic carbocycles. The number of alkyl halides is 3. The summed E-state index contributed by atoms with van der Waals surface area (Å²) in [5.41, 5.74) is -1.75. The van der Waals surface area contributed by atoms with E-state index in [0.717, 1.165) is 48.5 Å². The average Bonchev–Trinajstić information content (AvgIpc) is 2.68. The molecule has 0 saturated heterocycles. The average molecular weight is 477 g/mol. The van der Waals surface area contributed by atoms with Crippen LogP contribution in [0, 0.1) is 11.6 Å². The third kappa shape index (κ3) is 4.54. The Morgan fingerprint density at radius 2 is 0.935 bits per heavy atom. The molecule has 31 heavy (non-hydrogen) atoms. The van der Waals surface area contributed by atoms with Gasteiger partial charge in [-0.15, -0.1) is 0 Å². The fraction of sp³-hybridized carbons (Fsp3) is 0.0526. The van der Waals surface area contributed by atoms with Gasteiger partial charge in [0.05, 0.1) is 21.0 Å². The zero-order valence-corrected chi connectivity index (χ0v) is 16.8. The summed E-state index contributed by atoms with van der Waals surface area (Å²) in [4.78, 5) is -1.25. The second-order valence-corrected chi connectivity index (χ2v) is 9.96. The Morgan fingerprint density at radius 1 is 0.581 bits per heavy atom. The zero-order valence-electron chi connectivity index (χ0n) is 15.2. The first-order valence-corrected chi connectivity index (χ1v) is 11.2. The summed E-state index contributed by atoms with van der Waals surface area (Å²) in [5.74, 6) is -1.58. The van der Waals surface area contributed by atoms with Crippen molar-refractivity contribution in [2.45, 2.75) is 16.0 Å². The molecule has 0 aliphatic rings. The first-order valence-electron chi connectivity index (χ1n) is 8.32. The number of nitrogens with zero attached hydrogens (tertiary/aromatic N) is 1. The lowest BCUT2D eigenvalue weighted by Gasteiger charge is -2.24. The second kappa shape index (κ2) is 7.93. The predicted octanol–water partition coefficient (Wildman–Crippen LogP) is 4.57. The lowest BCUT2D eigenvalue weighted by Crippen LogP contribution is -2.37. The summed E-state index contributed by atoms with van der Waals surface area (Å²) < 4.78 is 118. The van der Waals surface area contributed by atoms with Gasteiger partial charge in [-0.2, -0.15) is 16.9 Å². The fourth-order valence-corrected chi connectivity index (χ4v) is 6.27. The Kier molecular flexibility index (Phi) is 5.80. The number of benzene rings is 3. The maximum atomic E-state index is 13.2. The number of anilines is 1. The van der Waals surface area contributed by atoms with Gasteiger partial charge in [-0.3, -0.25) is 0 Å². The van der Waals surface area contributed by atoms with Crippen LogP contribution < -0.4 is 3.71 Å². The molecule has 0 heterocycles. The lowest BCUT2D eigenvalue weighted by atomic mass is 10.2. The smallest absolute Gasteiger partial charge is 0.207 e. The number of hydrogen-bond acceptors (Lipinski definition) is 4. The zero-order chi connectivity index (χ0) is 23.0. The van der Waals surface area contributed by atoms with Gasteiger partial charge >= 0.3 is 6.18 Å². The Bertz CT molecular complexity index is 1210. The maximum absolute atomic E-state index is 13.2. The molecule has 0 aromatic heterocycles. The number of halogens is 5. The van der Waals surface area contributed by atoms with Gasteiger partial charge in [-0.25, -0.2) is 25.6 Å². The largest absolute Gasteiger partial charge is 0.416 e. The van der Waals surface area contributed by atoms with Gasteiger partial charge in [0.15, 0.2) is 0 Å². The van der Waals surface area contributed by atoms with Crippen LogP contribution in [0.4, 0.5) is 27.6 Å². The van der Waals surface area contributed by atoms with Crippen LogP contribution in [0.5, 0.6) is 0 Å². The molecule has 5 nitrogen and oxygen atoms in total. The molecule has 0 bridgehead atoms. The van der Waals surface area contributed by atoms with Crippen molar-refractivity contribution >= 4 is 25.7 Å². The van der Waals surface area contributed by atoms with Crippen molar-refractivity contribution < 1.29 is 38.8 Å². The summed E-state index contributed by atoms with van der Waals surface area (Å²) in [5, 5.41) is 0. The van der Waals surface area contributed by atoms with E-state index in [4.69, 9.17) is 0 Å². The molecule has 0 fully saturated rings. The summed E-state index contributed by atoms with van der Waals surface area (Å²) in [6.07, 6.45) is -4.74. The molecule has 0 aliphatic heterocycles. The first kappa shape index (κ1) is 22.7. The Labute approximate surface area is 174 Å². The lowest BCUT2D eigenvalue weighted by molar-refractivity contribution is -0.137. The van der Waals surface area contributed by atoms with Gasteiger partial charge in [-0.1, -0.05) is 0 Å². The highest BCUT2D eigenvalue weighted by Gasteiger charge is 2.38. The van der Waals surface area contributed by atoms with Crippen LogP contribution in [0.15, 0.2) is 82.6 Å². The van der Waals surface area contributed by atoms with E-state index in [2.05, 4.69) is 0 Å². The highest BCUT2D eigenvalue weighted by molar-refractivity contribution is 8.10. The second-order valence-electron chi connectivity index (χ2n) is 6.16. The minimum absolute atomic E-state index is 0.0827. The van der Waals surface area contributed by atoms with E-state index < -0.39 is 58.9 Å². The fourth-order valence-electron chi connectivity index (χ4n) is 2.58. The summed E-state index contributed by atoms with van der Waals surface area (Å²) in [7, 11) is -9.86. The van der Waals surface area contributed by atoms with E-state index in [1.165, 1.54) is 0 Å². The topological polar surface area (TPSA) is 71.5 Å². The normalized spacial score (nSPS) is 12.5. The van der Waals surface area contributed by atoms with Crippen LogP contribution in [0.1, 0.15) is 5.56 Å². The summed E-state index contributed by atoms with van der Waals surface area (Å²) in [6.45, 7) is 0. The van der Waals surface area contributed by atoms with Crippen molar-refractivity contribution in [3.05, 3.63) is 90.0 Å². The molecule has 0 saturated carbocycles. The molecule has 0 atom stereocenters. The van der Waals surface area contributed by atoms with Crippen LogP contribution in [0.3, 0.4) is 0 Å². The van der Waals surface area contributed by atoms with Crippen molar-refractivity contribution in [3.8, 4) is 0 Å². The Morgan fingerprint density at radius 3 is 1.26 bits per heavy atom. The molecule has 3 rings (SSSR count). The van der Waals surface area contributed by atoms with E-state index in [9.17, 15) is 38.8 Å². The van der Waals surface area contributed by atoms with E-state index in [1.807, 2.05) is 0 Å². The molecule has 12 heteroatoms. The third-order valence-corrected chi connectivity index (χ3v) is 8.27. The molecule has 3 aromatic rings. The maximum Gasteiger partial charge on any atom is 0.416 e. The van der Waals surface area contributed by atoms with Gasteiger partial charge in [0, 0.05) is 0 Å². The Balaban J connectivity index is 2.23. The van der Waals surface area contributed by atoms with Gasteiger partial charge in [0.1, 0.15) is 11.6 Å². The van der Waals surface area contributed by atoms with Gasteiger partial charge in [0.2, 0.25) is 0 Å². The molecule has 0 unspecified atom stereocenters. The van der Waals surface area contributed by atoms with Crippen LogP contribution in [-0.2, 0) is 26.2 Å². The molecule has 0 radical (unpaired) electrons. The van der Waals surface area contributed by atoms with E-state index >= 15 is 0 Å². The number of hydrogen-bond donors (Lipinski definition) is 0. The molecule has 3 aromatic carbocycles. The highest BCUT2D eigenvalue weighted by Crippen LogP contribution is 2.34. The standard InChI is InChI=1S/C19H12F5NO4S2/c20-14-3-9-17(10-4-14)30(26,27)25(16-7-1-13(2-8-16)19(22,23)24)31(28,29)18-11-5-15(21)6-12-18/h1-12H. The predicted molar refractivity (Wildman–Crippen MR) is 101 cm³/mol. The van der Waals surface area contributed by atoms with Crippen molar-refractivity contribution in [1.29, 1.82) is 0 Å². The minimum atomic E-state index is -4.93. The molecule has 0 amide bonds. The number of rotatable bonds is 5. The SMILES string of the molecule is O=S(=O)(c1ccc(F)cc1)N(c1ccc(C(F)(F)F)cc1)S(=O)(=O)c1ccc(F)cc1. The minimum Gasteiger partial charge on any atom is -0.207 e. The first-order chi connectivity index (χ1) is 14.3. The molecule has 164 valence electrons. The Hall–Kier alpha value is -2.99. The highest BCUT2D eigenvalue weighted by atomic mass is 32.3. The molecular formula is C19H12F5NO4S2. The van der Waals surface area contributed by atoms with Crippen LogP contribution >= 0.6 is 0 Å². The monoisotopic (exact) mass is 477 g/mol. The quantitative estimate of drug-likeness (QED) is 0.505. The van der Waals surface area contributed by atoms with Crippen molar-refractivity contribution in [2.75, 3.05) is 3.71 Å². The third-order valence-electron chi connectivity index (χ3n) is 4.07. The molecular weight excluding hydrogens is 465 g/mol.